The van der Waals surface area contributed by atoms with Crippen LogP contribution in [-0.2, 0) is 16.0 Å². The topological polar surface area (TPSA) is 101 Å². The average Bonchev–Trinajstić information content (AvgIpc) is 2.92. The summed E-state index contributed by atoms with van der Waals surface area (Å²) >= 11 is 0. The molecule has 0 fully saturated rings. The van der Waals surface area contributed by atoms with Crippen molar-refractivity contribution in [2.45, 2.75) is 19.4 Å². The van der Waals surface area contributed by atoms with Gasteiger partial charge in [0.1, 0.15) is 11.9 Å². The van der Waals surface area contributed by atoms with Crippen molar-refractivity contribution in [2.75, 3.05) is 43.4 Å². The van der Waals surface area contributed by atoms with Gasteiger partial charge in [-0.2, -0.15) is 5.26 Å². The van der Waals surface area contributed by atoms with Crippen LogP contribution in [0.4, 0.5) is 11.5 Å². The maximum absolute atomic E-state index is 13.2. The van der Waals surface area contributed by atoms with Gasteiger partial charge in [-0.15, -0.1) is 0 Å². The minimum atomic E-state index is -0.567. The molecule has 0 aliphatic rings. The van der Waals surface area contributed by atoms with Crippen molar-refractivity contribution in [3.63, 3.8) is 0 Å². The molecule has 0 saturated carbocycles. The van der Waals surface area contributed by atoms with E-state index in [-0.39, 0.29) is 5.91 Å². The van der Waals surface area contributed by atoms with E-state index in [0.29, 0.717) is 36.6 Å². The van der Waals surface area contributed by atoms with Crippen LogP contribution in [0.3, 0.4) is 0 Å². The molecule has 0 aliphatic heterocycles. The molecule has 36 heavy (non-hydrogen) atoms. The molecule has 3 rings (SSSR count). The summed E-state index contributed by atoms with van der Waals surface area (Å²) in [4.78, 5) is 32.8. The van der Waals surface area contributed by atoms with E-state index < -0.39 is 6.04 Å². The van der Waals surface area contributed by atoms with Gasteiger partial charge in [-0.3, -0.25) is 9.59 Å². The van der Waals surface area contributed by atoms with Gasteiger partial charge in [0.2, 0.25) is 12.3 Å². The van der Waals surface area contributed by atoms with Crippen molar-refractivity contribution >= 4 is 23.8 Å². The Labute approximate surface area is 212 Å². The van der Waals surface area contributed by atoms with Gasteiger partial charge in [0, 0.05) is 19.6 Å². The lowest BCUT2D eigenvalue weighted by molar-refractivity contribution is -0.118. The first-order valence-corrected chi connectivity index (χ1v) is 12.0. The van der Waals surface area contributed by atoms with Crippen molar-refractivity contribution in [2.24, 2.45) is 0 Å². The van der Waals surface area contributed by atoms with Crippen molar-refractivity contribution in [1.82, 2.24) is 15.2 Å². The highest BCUT2D eigenvalue weighted by molar-refractivity contribution is 5.95. The van der Waals surface area contributed by atoms with E-state index >= 15 is 0 Å². The Morgan fingerprint density at radius 2 is 1.83 bits per heavy atom. The maximum Gasteiger partial charge on any atom is 0.247 e. The van der Waals surface area contributed by atoms with Gasteiger partial charge >= 0.3 is 0 Å². The lowest BCUT2D eigenvalue weighted by Gasteiger charge is -2.21. The molecule has 2 amide bonds. The number of nitrogens with zero attached hydrogens (tertiary/aromatic N) is 4. The van der Waals surface area contributed by atoms with Crippen LogP contribution in [0, 0.1) is 11.3 Å². The first-order valence-electron chi connectivity index (χ1n) is 12.0. The number of carbonyl (C=O) groups is 2. The van der Waals surface area contributed by atoms with Crippen molar-refractivity contribution < 1.29 is 9.59 Å². The summed E-state index contributed by atoms with van der Waals surface area (Å²) in [6.07, 6.45) is 3.10. The highest BCUT2D eigenvalue weighted by Gasteiger charge is 2.20. The summed E-state index contributed by atoms with van der Waals surface area (Å²) in [6, 6.07) is 22.0. The molecular weight excluding hydrogens is 452 g/mol. The van der Waals surface area contributed by atoms with Crippen LogP contribution in [0.15, 0.2) is 72.9 Å². The molecule has 0 spiro atoms. The van der Waals surface area contributed by atoms with Gasteiger partial charge in [0.25, 0.3) is 0 Å². The second-order valence-corrected chi connectivity index (χ2v) is 8.44. The summed E-state index contributed by atoms with van der Waals surface area (Å²) in [5.74, 6) is 0.188. The fraction of sp³-hybridized carbons (Fsp3) is 0.286. The largest absolute Gasteiger partial charge is 0.312 e. The Balaban J connectivity index is 1.64. The normalized spacial score (nSPS) is 11.5. The molecule has 3 aromatic rings. The second-order valence-electron chi connectivity index (χ2n) is 8.44. The first-order chi connectivity index (χ1) is 17.5. The van der Waals surface area contributed by atoms with Crippen LogP contribution in [-0.4, -0.2) is 55.4 Å². The van der Waals surface area contributed by atoms with E-state index in [0.717, 1.165) is 30.6 Å². The number of pyridine rings is 1. The smallest absolute Gasteiger partial charge is 0.247 e. The lowest BCUT2D eigenvalue weighted by Crippen LogP contribution is -2.34. The molecule has 0 saturated heterocycles. The van der Waals surface area contributed by atoms with E-state index in [1.807, 2.05) is 49.5 Å². The van der Waals surface area contributed by atoms with E-state index in [1.54, 1.807) is 35.4 Å². The summed E-state index contributed by atoms with van der Waals surface area (Å²) in [7, 11) is 2.00. The standard InChI is InChI=1S/C28H32N6O2/c1-3-33(2)17-18-34(21-35)25-13-14-26(31-20-25)32-28(36)27(24-7-5-4-6-8-24)30-16-15-22-9-11-23(19-29)12-10-22/h4-14,20-21,27,30H,3,15-18H2,1-2H3,(H,31,32,36). The summed E-state index contributed by atoms with van der Waals surface area (Å²) in [6.45, 7) is 4.85. The number of rotatable bonds is 13. The Morgan fingerprint density at radius 3 is 2.44 bits per heavy atom. The lowest BCUT2D eigenvalue weighted by atomic mass is 10.1. The molecule has 8 heteroatoms. The van der Waals surface area contributed by atoms with Crippen LogP contribution in [0.2, 0.25) is 0 Å². The predicted octanol–water partition coefficient (Wildman–Crippen LogP) is 3.38. The predicted molar refractivity (Wildman–Crippen MR) is 141 cm³/mol. The molecule has 1 heterocycles. The van der Waals surface area contributed by atoms with Gasteiger partial charge in [-0.05, 0) is 55.4 Å². The molecule has 1 atom stereocenters. The number of likely N-dealkylation sites (N-methyl/N-ethyl adjacent to an activating group) is 1. The monoisotopic (exact) mass is 484 g/mol. The molecule has 0 bridgehead atoms. The summed E-state index contributed by atoms with van der Waals surface area (Å²) in [5.41, 5.74) is 3.22. The molecule has 1 aromatic heterocycles. The number of anilines is 2. The number of hydrogen-bond donors (Lipinski definition) is 2. The van der Waals surface area contributed by atoms with E-state index in [4.69, 9.17) is 5.26 Å². The van der Waals surface area contributed by atoms with Crippen molar-refractivity contribution in [3.8, 4) is 6.07 Å². The van der Waals surface area contributed by atoms with Crippen molar-refractivity contribution in [1.29, 1.82) is 5.26 Å². The number of hydrogen-bond acceptors (Lipinski definition) is 6. The van der Waals surface area contributed by atoms with Crippen molar-refractivity contribution in [3.05, 3.63) is 89.6 Å². The van der Waals surface area contributed by atoms with Gasteiger partial charge in [-0.25, -0.2) is 4.98 Å². The fourth-order valence-corrected chi connectivity index (χ4v) is 3.62. The number of amides is 2. The Morgan fingerprint density at radius 1 is 1.08 bits per heavy atom. The fourth-order valence-electron chi connectivity index (χ4n) is 3.62. The zero-order valence-electron chi connectivity index (χ0n) is 20.7. The molecule has 186 valence electrons. The minimum absolute atomic E-state index is 0.224. The molecule has 2 aromatic carbocycles. The third-order valence-electron chi connectivity index (χ3n) is 5.96. The minimum Gasteiger partial charge on any atom is -0.312 e. The van der Waals surface area contributed by atoms with Gasteiger partial charge in [-0.1, -0.05) is 49.4 Å². The first kappa shape index (κ1) is 26.5. The molecule has 1 unspecified atom stereocenters. The molecular formula is C28H32N6O2. The molecule has 8 nitrogen and oxygen atoms in total. The van der Waals surface area contributed by atoms with Gasteiger partial charge in [0.05, 0.1) is 23.5 Å². The molecule has 0 radical (unpaired) electrons. The Hall–Kier alpha value is -4.06. The third-order valence-corrected chi connectivity index (χ3v) is 5.96. The van der Waals surface area contributed by atoms with E-state index in [1.165, 1.54) is 0 Å². The number of carbonyl (C=O) groups excluding carboxylic acids is 2. The average molecular weight is 485 g/mol. The van der Waals surface area contributed by atoms with Crippen LogP contribution in [0.25, 0.3) is 0 Å². The van der Waals surface area contributed by atoms with Gasteiger partial charge < -0.3 is 20.4 Å². The second kappa shape index (κ2) is 13.7. The highest BCUT2D eigenvalue weighted by atomic mass is 16.2. The van der Waals surface area contributed by atoms with E-state index in [2.05, 4.69) is 33.5 Å². The Kier molecular flexibility index (Phi) is 10.1. The molecule has 2 N–H and O–H groups in total. The van der Waals surface area contributed by atoms with Crippen LogP contribution in [0.5, 0.6) is 0 Å². The number of nitriles is 1. The highest BCUT2D eigenvalue weighted by Crippen LogP contribution is 2.18. The SMILES string of the molecule is CCN(C)CCN(C=O)c1ccc(NC(=O)C(NCCc2ccc(C#N)cc2)c2ccccc2)nc1. The quantitative estimate of drug-likeness (QED) is 0.361. The van der Waals surface area contributed by atoms with Crippen LogP contribution in [0.1, 0.15) is 29.7 Å². The van der Waals surface area contributed by atoms with Crippen LogP contribution < -0.4 is 15.5 Å². The van der Waals surface area contributed by atoms with Gasteiger partial charge in [0.15, 0.2) is 0 Å². The molecule has 0 aliphatic carbocycles. The number of nitrogens with one attached hydrogen (secondary N) is 2. The van der Waals surface area contributed by atoms with Crippen LogP contribution >= 0.6 is 0 Å². The third kappa shape index (κ3) is 7.73. The Bertz CT molecular complexity index is 1140. The number of benzene rings is 2. The maximum atomic E-state index is 13.2. The summed E-state index contributed by atoms with van der Waals surface area (Å²) < 4.78 is 0. The zero-order chi connectivity index (χ0) is 25.8. The number of aromatic nitrogens is 1. The van der Waals surface area contributed by atoms with E-state index in [9.17, 15) is 9.59 Å². The summed E-state index contributed by atoms with van der Waals surface area (Å²) in [5, 5.41) is 15.2. The zero-order valence-corrected chi connectivity index (χ0v) is 20.7.